The maximum absolute atomic E-state index is 12.2. The van der Waals surface area contributed by atoms with Gasteiger partial charge in [-0.05, 0) is 48.7 Å². The van der Waals surface area contributed by atoms with Crippen molar-refractivity contribution in [3.05, 3.63) is 63.1 Å². The zero-order valence-electron chi connectivity index (χ0n) is 14.6. The van der Waals surface area contributed by atoms with Gasteiger partial charge in [-0.25, -0.2) is 8.42 Å². The molecule has 1 N–H and O–H groups in total. The molecule has 0 unspecified atom stereocenters. The van der Waals surface area contributed by atoms with E-state index >= 15 is 0 Å². The van der Waals surface area contributed by atoms with Gasteiger partial charge in [0.05, 0.1) is 17.0 Å². The van der Waals surface area contributed by atoms with E-state index in [-0.39, 0.29) is 17.3 Å². The highest BCUT2D eigenvalue weighted by Gasteiger charge is 2.23. The highest BCUT2D eigenvalue weighted by Crippen LogP contribution is 2.30. The van der Waals surface area contributed by atoms with Gasteiger partial charge in [0.2, 0.25) is 15.9 Å². The number of benzene rings is 2. The highest BCUT2D eigenvalue weighted by atomic mass is 35.5. The van der Waals surface area contributed by atoms with Gasteiger partial charge in [0, 0.05) is 16.6 Å². The van der Waals surface area contributed by atoms with Gasteiger partial charge in [-0.15, -0.1) is 0 Å². The molecular weight excluding hydrogens is 431 g/mol. The van der Waals surface area contributed by atoms with Gasteiger partial charge >= 0.3 is 0 Å². The van der Waals surface area contributed by atoms with Gasteiger partial charge < -0.3 is 5.32 Å². The molecular formula is C18H19Cl3N2O3S. The van der Waals surface area contributed by atoms with Crippen LogP contribution in [0.3, 0.4) is 0 Å². The Morgan fingerprint density at radius 2 is 1.67 bits per heavy atom. The van der Waals surface area contributed by atoms with Crippen molar-refractivity contribution in [3.8, 4) is 0 Å². The molecule has 2 aromatic carbocycles. The number of amides is 1. The minimum atomic E-state index is -3.71. The third-order valence-electron chi connectivity index (χ3n) is 3.74. The van der Waals surface area contributed by atoms with E-state index in [2.05, 4.69) is 5.32 Å². The van der Waals surface area contributed by atoms with Crippen LogP contribution in [0.1, 0.15) is 12.0 Å². The molecule has 27 heavy (non-hydrogen) atoms. The maximum Gasteiger partial charge on any atom is 0.240 e. The molecule has 2 rings (SSSR count). The first-order chi connectivity index (χ1) is 12.7. The molecule has 9 heteroatoms. The summed E-state index contributed by atoms with van der Waals surface area (Å²) in [5, 5.41) is 3.92. The summed E-state index contributed by atoms with van der Waals surface area (Å²) in [6.45, 7) is 0.0438. The molecule has 0 radical (unpaired) electrons. The van der Waals surface area contributed by atoms with Crippen LogP contribution in [0.15, 0.2) is 42.5 Å². The van der Waals surface area contributed by atoms with E-state index < -0.39 is 15.9 Å². The van der Waals surface area contributed by atoms with E-state index in [4.69, 9.17) is 34.8 Å². The van der Waals surface area contributed by atoms with Gasteiger partial charge in [-0.2, -0.15) is 0 Å². The fourth-order valence-electron chi connectivity index (χ4n) is 2.42. The fraction of sp³-hybridized carbons (Fsp3) is 0.278. The lowest BCUT2D eigenvalue weighted by molar-refractivity contribution is -0.119. The maximum atomic E-state index is 12.2. The number of hydrogen-bond acceptors (Lipinski definition) is 3. The Morgan fingerprint density at radius 3 is 2.30 bits per heavy atom. The lowest BCUT2D eigenvalue weighted by atomic mass is 10.1. The number of hydrogen-bond donors (Lipinski definition) is 1. The summed E-state index contributed by atoms with van der Waals surface area (Å²) >= 11 is 17.9. The molecule has 0 saturated carbocycles. The number of nitrogens with zero attached hydrogens (tertiary/aromatic N) is 1. The molecule has 0 aromatic heterocycles. The van der Waals surface area contributed by atoms with Crippen molar-refractivity contribution >= 4 is 56.4 Å². The van der Waals surface area contributed by atoms with Crippen molar-refractivity contribution in [3.63, 3.8) is 0 Å². The standard InChI is InChI=1S/C18H19Cl3N2O3S/c1-27(25,26)23(17-11-15(20)8-9-16(17)21)12-18(24)22-10-2-3-13-4-6-14(19)7-5-13/h4-9,11H,2-3,10,12H2,1H3,(H,22,24). The van der Waals surface area contributed by atoms with Gasteiger partial charge in [0.15, 0.2) is 0 Å². The van der Waals surface area contributed by atoms with Crippen LogP contribution in [0.2, 0.25) is 15.1 Å². The Bertz CT molecular complexity index is 903. The van der Waals surface area contributed by atoms with Crippen LogP contribution in [-0.2, 0) is 21.2 Å². The molecule has 0 bridgehead atoms. The van der Waals surface area contributed by atoms with Crippen LogP contribution in [0, 0.1) is 0 Å². The van der Waals surface area contributed by atoms with Gasteiger partial charge in [0.1, 0.15) is 6.54 Å². The first-order valence-electron chi connectivity index (χ1n) is 8.11. The SMILES string of the molecule is CS(=O)(=O)N(CC(=O)NCCCc1ccc(Cl)cc1)c1cc(Cl)ccc1Cl. The van der Waals surface area contributed by atoms with Crippen LogP contribution in [0.4, 0.5) is 5.69 Å². The van der Waals surface area contributed by atoms with Crippen LogP contribution < -0.4 is 9.62 Å². The topological polar surface area (TPSA) is 66.5 Å². The Hall–Kier alpha value is -1.47. The summed E-state index contributed by atoms with van der Waals surface area (Å²) in [6.07, 6.45) is 2.50. The Morgan fingerprint density at radius 1 is 1.04 bits per heavy atom. The summed E-state index contributed by atoms with van der Waals surface area (Å²) in [7, 11) is -3.71. The lowest BCUT2D eigenvalue weighted by Gasteiger charge is -2.23. The van der Waals surface area contributed by atoms with Gasteiger partial charge in [-0.3, -0.25) is 9.10 Å². The number of anilines is 1. The van der Waals surface area contributed by atoms with Crippen LogP contribution >= 0.6 is 34.8 Å². The van der Waals surface area contributed by atoms with Crippen molar-refractivity contribution in [2.45, 2.75) is 12.8 Å². The molecule has 0 atom stereocenters. The molecule has 0 fully saturated rings. The first kappa shape index (κ1) is 21.8. The molecule has 0 saturated heterocycles. The van der Waals surface area contributed by atoms with Crippen LogP contribution in [0.5, 0.6) is 0 Å². The van der Waals surface area contributed by atoms with Crippen LogP contribution in [-0.4, -0.2) is 33.7 Å². The predicted molar refractivity (Wildman–Crippen MR) is 111 cm³/mol. The van der Waals surface area contributed by atoms with E-state index in [1.165, 1.54) is 12.1 Å². The number of carbonyl (C=O) groups excluding carboxylic acids is 1. The fourth-order valence-corrected chi connectivity index (χ4v) is 3.84. The molecule has 0 heterocycles. The second kappa shape index (κ2) is 9.64. The van der Waals surface area contributed by atoms with Gasteiger partial charge in [-0.1, -0.05) is 46.9 Å². The zero-order chi connectivity index (χ0) is 20.0. The predicted octanol–water partition coefficient (Wildman–Crippen LogP) is 4.16. The number of aryl methyl sites for hydroxylation is 1. The average Bonchev–Trinajstić information content (AvgIpc) is 2.59. The molecule has 0 aliphatic carbocycles. The zero-order valence-corrected chi connectivity index (χ0v) is 17.7. The largest absolute Gasteiger partial charge is 0.355 e. The first-order valence-corrected chi connectivity index (χ1v) is 11.1. The quantitative estimate of drug-likeness (QED) is 0.615. The van der Waals surface area contributed by atoms with Crippen molar-refractivity contribution in [2.24, 2.45) is 0 Å². The Kier molecular flexibility index (Phi) is 7.79. The van der Waals surface area contributed by atoms with Gasteiger partial charge in [0.25, 0.3) is 0 Å². The minimum Gasteiger partial charge on any atom is -0.355 e. The molecule has 0 aliphatic rings. The number of sulfonamides is 1. The average molecular weight is 450 g/mol. The van der Waals surface area contributed by atoms with E-state index in [1.807, 2.05) is 24.3 Å². The second-order valence-electron chi connectivity index (χ2n) is 5.95. The van der Waals surface area contributed by atoms with E-state index in [0.717, 1.165) is 22.5 Å². The van der Waals surface area contributed by atoms with E-state index in [9.17, 15) is 13.2 Å². The van der Waals surface area contributed by atoms with Crippen molar-refractivity contribution in [1.82, 2.24) is 5.32 Å². The second-order valence-corrected chi connectivity index (χ2v) is 9.13. The summed E-state index contributed by atoms with van der Waals surface area (Å²) < 4.78 is 25.2. The highest BCUT2D eigenvalue weighted by molar-refractivity contribution is 7.92. The van der Waals surface area contributed by atoms with Crippen molar-refractivity contribution < 1.29 is 13.2 Å². The molecule has 2 aromatic rings. The summed E-state index contributed by atoms with van der Waals surface area (Å²) in [5.41, 5.74) is 1.28. The van der Waals surface area contributed by atoms with E-state index in [1.54, 1.807) is 6.07 Å². The molecule has 0 aliphatic heterocycles. The third-order valence-corrected chi connectivity index (χ3v) is 5.68. The summed E-state index contributed by atoms with van der Waals surface area (Å²) in [5.74, 6) is -0.424. The summed E-state index contributed by atoms with van der Waals surface area (Å²) in [4.78, 5) is 12.2. The van der Waals surface area contributed by atoms with Crippen molar-refractivity contribution in [1.29, 1.82) is 0 Å². The number of nitrogens with one attached hydrogen (secondary N) is 1. The van der Waals surface area contributed by atoms with E-state index in [0.29, 0.717) is 23.0 Å². The summed E-state index contributed by atoms with van der Waals surface area (Å²) in [6, 6.07) is 11.9. The Labute approximate surface area is 174 Å². The number of rotatable bonds is 8. The minimum absolute atomic E-state index is 0.169. The molecule has 0 spiro atoms. The third kappa shape index (κ3) is 6.88. The lowest BCUT2D eigenvalue weighted by Crippen LogP contribution is -2.40. The molecule has 146 valence electrons. The smallest absolute Gasteiger partial charge is 0.240 e. The number of halogens is 3. The van der Waals surface area contributed by atoms with Crippen molar-refractivity contribution in [2.75, 3.05) is 23.7 Å². The monoisotopic (exact) mass is 448 g/mol. The van der Waals surface area contributed by atoms with Crippen LogP contribution in [0.25, 0.3) is 0 Å². The molecule has 1 amide bonds. The molecule has 5 nitrogen and oxygen atoms in total. The Balaban J connectivity index is 1.94. The number of carbonyl (C=O) groups is 1. The normalized spacial score (nSPS) is 11.3.